The monoisotopic (exact) mass is 310 g/mol. The molecule has 0 spiro atoms. The number of benzene rings is 1. The smallest absolute Gasteiger partial charge is 0.251 e. The van der Waals surface area contributed by atoms with Gasteiger partial charge in [-0.3, -0.25) is 4.79 Å². The number of hydrogen-bond acceptors (Lipinski definition) is 3. The van der Waals surface area contributed by atoms with Crippen LogP contribution in [0, 0.1) is 19.8 Å². The van der Waals surface area contributed by atoms with Gasteiger partial charge in [-0.1, -0.05) is 12.5 Å². The Balaban J connectivity index is 2.28. The number of rotatable bonds is 4. The summed E-state index contributed by atoms with van der Waals surface area (Å²) in [6, 6.07) is 3.16. The highest BCUT2D eigenvalue weighted by molar-refractivity contribution is 7.89. The molecule has 1 aromatic rings. The van der Waals surface area contributed by atoms with Crippen molar-refractivity contribution in [2.24, 2.45) is 11.1 Å². The van der Waals surface area contributed by atoms with Gasteiger partial charge >= 0.3 is 0 Å². The first-order valence-corrected chi connectivity index (χ1v) is 8.69. The van der Waals surface area contributed by atoms with Gasteiger partial charge in [0.15, 0.2) is 0 Å². The third-order valence-corrected chi connectivity index (χ3v) is 5.34. The Bertz CT molecular complexity index is 664. The van der Waals surface area contributed by atoms with Crippen molar-refractivity contribution in [1.82, 2.24) is 5.32 Å². The summed E-state index contributed by atoms with van der Waals surface area (Å²) in [5, 5.41) is 8.16. The van der Waals surface area contributed by atoms with Crippen LogP contribution in [0.1, 0.15) is 47.7 Å². The molecule has 1 saturated carbocycles. The number of primary sulfonamides is 1. The number of aryl methyl sites for hydroxylation is 2. The van der Waals surface area contributed by atoms with E-state index in [0.29, 0.717) is 17.0 Å². The Hall–Kier alpha value is -1.40. The van der Waals surface area contributed by atoms with Gasteiger partial charge < -0.3 is 5.32 Å². The lowest BCUT2D eigenvalue weighted by Crippen LogP contribution is -2.41. The maximum absolute atomic E-state index is 12.4. The number of sulfonamides is 1. The average Bonchev–Trinajstić information content (AvgIpc) is 2.23. The standard InChI is InChI=1S/C15H22N2O3S/c1-9-7-10(2)14(21(16,19)20)8-13(9)15(18)17-11(3)12-5-4-6-12/h7-8,11-12H,4-6H2,1-3H3,(H,17,18)(H2,16,19,20). The molecule has 6 heteroatoms. The molecular weight excluding hydrogens is 288 g/mol. The summed E-state index contributed by atoms with van der Waals surface area (Å²) in [6.45, 7) is 5.46. The SMILES string of the molecule is Cc1cc(C)c(S(N)(=O)=O)cc1C(=O)NC(C)C1CCC1. The number of nitrogens with two attached hydrogens (primary N) is 1. The van der Waals surface area contributed by atoms with Crippen LogP contribution in [0.5, 0.6) is 0 Å². The second-order valence-electron chi connectivity index (χ2n) is 5.93. The largest absolute Gasteiger partial charge is 0.349 e. The van der Waals surface area contributed by atoms with Gasteiger partial charge in [-0.15, -0.1) is 0 Å². The highest BCUT2D eigenvalue weighted by atomic mass is 32.2. The molecule has 0 radical (unpaired) electrons. The lowest BCUT2D eigenvalue weighted by Gasteiger charge is -2.32. The minimum Gasteiger partial charge on any atom is -0.349 e. The van der Waals surface area contributed by atoms with Crippen molar-refractivity contribution in [2.45, 2.75) is 51.0 Å². The Kier molecular flexibility index (Phi) is 4.39. The van der Waals surface area contributed by atoms with Gasteiger partial charge in [-0.25, -0.2) is 13.6 Å². The second-order valence-corrected chi connectivity index (χ2v) is 7.46. The molecule has 1 aliphatic rings. The van der Waals surface area contributed by atoms with E-state index in [1.807, 2.05) is 6.92 Å². The van der Waals surface area contributed by atoms with Crippen molar-refractivity contribution in [2.75, 3.05) is 0 Å². The van der Waals surface area contributed by atoms with E-state index in [2.05, 4.69) is 5.32 Å². The zero-order chi connectivity index (χ0) is 15.8. The third kappa shape index (κ3) is 3.44. The van der Waals surface area contributed by atoms with E-state index >= 15 is 0 Å². The quantitative estimate of drug-likeness (QED) is 0.889. The topological polar surface area (TPSA) is 89.3 Å². The van der Waals surface area contributed by atoms with E-state index in [-0.39, 0.29) is 16.8 Å². The minimum atomic E-state index is -3.82. The fourth-order valence-electron chi connectivity index (χ4n) is 2.73. The summed E-state index contributed by atoms with van der Waals surface area (Å²) in [7, 11) is -3.82. The first-order chi connectivity index (χ1) is 9.70. The summed E-state index contributed by atoms with van der Waals surface area (Å²) >= 11 is 0. The molecule has 1 fully saturated rings. The summed E-state index contributed by atoms with van der Waals surface area (Å²) in [5.41, 5.74) is 1.67. The van der Waals surface area contributed by atoms with E-state index < -0.39 is 10.0 Å². The number of nitrogens with one attached hydrogen (secondary N) is 1. The molecule has 1 aliphatic carbocycles. The predicted octanol–water partition coefficient (Wildman–Crippen LogP) is 1.87. The van der Waals surface area contributed by atoms with Gasteiger partial charge in [0.25, 0.3) is 5.91 Å². The fourth-order valence-corrected chi connectivity index (χ4v) is 3.52. The van der Waals surface area contributed by atoms with Gasteiger partial charge in [0.05, 0.1) is 4.90 Å². The normalized spacial score (nSPS) is 17.1. The zero-order valence-electron chi connectivity index (χ0n) is 12.6. The Morgan fingerprint density at radius 1 is 1.29 bits per heavy atom. The summed E-state index contributed by atoms with van der Waals surface area (Å²) < 4.78 is 23.1. The molecule has 21 heavy (non-hydrogen) atoms. The van der Waals surface area contributed by atoms with Crippen LogP contribution in [0.3, 0.4) is 0 Å². The molecular formula is C15H22N2O3S. The van der Waals surface area contributed by atoms with E-state index in [0.717, 1.165) is 18.4 Å². The highest BCUT2D eigenvalue weighted by Gasteiger charge is 2.26. The first kappa shape index (κ1) is 16.0. The summed E-state index contributed by atoms with van der Waals surface area (Å²) in [5.74, 6) is 0.286. The van der Waals surface area contributed by atoms with Gasteiger partial charge in [0.2, 0.25) is 10.0 Å². The molecule has 0 aromatic heterocycles. The molecule has 0 saturated heterocycles. The van der Waals surface area contributed by atoms with Crippen molar-refractivity contribution in [3.63, 3.8) is 0 Å². The number of hydrogen-bond donors (Lipinski definition) is 2. The highest BCUT2D eigenvalue weighted by Crippen LogP contribution is 2.29. The lowest BCUT2D eigenvalue weighted by molar-refractivity contribution is 0.0908. The zero-order valence-corrected chi connectivity index (χ0v) is 13.5. The molecule has 5 nitrogen and oxygen atoms in total. The van der Waals surface area contributed by atoms with Crippen LogP contribution in [-0.4, -0.2) is 20.4 Å². The van der Waals surface area contributed by atoms with Gasteiger partial charge in [0, 0.05) is 11.6 Å². The fraction of sp³-hybridized carbons (Fsp3) is 0.533. The average molecular weight is 310 g/mol. The molecule has 2 rings (SSSR count). The number of carbonyl (C=O) groups excluding carboxylic acids is 1. The molecule has 0 aliphatic heterocycles. The van der Waals surface area contributed by atoms with E-state index in [9.17, 15) is 13.2 Å². The number of amides is 1. The lowest BCUT2D eigenvalue weighted by atomic mass is 9.80. The second kappa shape index (κ2) is 5.77. The van der Waals surface area contributed by atoms with Crippen LogP contribution in [-0.2, 0) is 10.0 Å². The molecule has 116 valence electrons. The molecule has 1 aromatic carbocycles. The number of carbonyl (C=O) groups is 1. The summed E-state index contributed by atoms with van der Waals surface area (Å²) in [4.78, 5) is 12.4. The summed E-state index contributed by atoms with van der Waals surface area (Å²) in [6.07, 6.45) is 3.48. The molecule has 1 atom stereocenters. The maximum Gasteiger partial charge on any atom is 0.251 e. The molecule has 0 bridgehead atoms. The van der Waals surface area contributed by atoms with Crippen LogP contribution in [0.25, 0.3) is 0 Å². The van der Waals surface area contributed by atoms with Crippen LogP contribution >= 0.6 is 0 Å². The van der Waals surface area contributed by atoms with Crippen molar-refractivity contribution in [3.8, 4) is 0 Å². The van der Waals surface area contributed by atoms with Crippen molar-refractivity contribution >= 4 is 15.9 Å². The van der Waals surface area contributed by atoms with Crippen LogP contribution in [0.4, 0.5) is 0 Å². The van der Waals surface area contributed by atoms with Gasteiger partial charge in [-0.2, -0.15) is 0 Å². The molecule has 3 N–H and O–H groups in total. The Labute approximate surface area is 126 Å². The van der Waals surface area contributed by atoms with Crippen LogP contribution < -0.4 is 10.5 Å². The van der Waals surface area contributed by atoms with Gasteiger partial charge in [0.1, 0.15) is 0 Å². The minimum absolute atomic E-state index is 0.00884. The molecule has 0 heterocycles. The predicted molar refractivity (Wildman–Crippen MR) is 81.6 cm³/mol. The molecule has 1 unspecified atom stereocenters. The Morgan fingerprint density at radius 2 is 1.90 bits per heavy atom. The maximum atomic E-state index is 12.4. The van der Waals surface area contributed by atoms with E-state index in [1.54, 1.807) is 19.9 Å². The first-order valence-electron chi connectivity index (χ1n) is 7.15. The Morgan fingerprint density at radius 3 is 2.38 bits per heavy atom. The van der Waals surface area contributed by atoms with Crippen molar-refractivity contribution < 1.29 is 13.2 Å². The molecule has 1 amide bonds. The van der Waals surface area contributed by atoms with Gasteiger partial charge in [-0.05, 0) is 56.7 Å². The third-order valence-electron chi connectivity index (χ3n) is 4.29. The van der Waals surface area contributed by atoms with Crippen molar-refractivity contribution in [1.29, 1.82) is 0 Å². The van der Waals surface area contributed by atoms with Crippen LogP contribution in [0.15, 0.2) is 17.0 Å². The van der Waals surface area contributed by atoms with E-state index in [4.69, 9.17) is 5.14 Å². The van der Waals surface area contributed by atoms with Crippen LogP contribution in [0.2, 0.25) is 0 Å². The van der Waals surface area contributed by atoms with E-state index in [1.165, 1.54) is 12.5 Å². The van der Waals surface area contributed by atoms with Crippen molar-refractivity contribution in [3.05, 3.63) is 28.8 Å².